The molecular formula is C11H19N3. The van der Waals surface area contributed by atoms with E-state index in [2.05, 4.69) is 41.8 Å². The van der Waals surface area contributed by atoms with Crippen LogP contribution in [0, 0.1) is 0 Å². The molecule has 14 heavy (non-hydrogen) atoms. The van der Waals surface area contributed by atoms with E-state index in [9.17, 15) is 0 Å². The van der Waals surface area contributed by atoms with Crippen molar-refractivity contribution in [3.63, 3.8) is 0 Å². The van der Waals surface area contributed by atoms with Crippen LogP contribution < -0.4 is 0 Å². The van der Waals surface area contributed by atoms with Gasteiger partial charge in [-0.25, -0.2) is 0 Å². The van der Waals surface area contributed by atoms with Crippen molar-refractivity contribution in [3.05, 3.63) is 18.0 Å². The molecule has 0 bridgehead atoms. The lowest BCUT2D eigenvalue weighted by Gasteiger charge is -2.10. The molecule has 1 unspecified atom stereocenters. The highest BCUT2D eigenvalue weighted by Crippen LogP contribution is 2.21. The number of likely N-dealkylation sites (tertiary alicyclic amines) is 1. The minimum Gasteiger partial charge on any atom is -0.304 e. The van der Waals surface area contributed by atoms with Crippen LogP contribution in [0.25, 0.3) is 0 Å². The molecule has 1 aliphatic heterocycles. The lowest BCUT2D eigenvalue weighted by molar-refractivity contribution is 0.382. The van der Waals surface area contributed by atoms with E-state index in [1.165, 1.54) is 18.5 Å². The van der Waals surface area contributed by atoms with Gasteiger partial charge in [0, 0.05) is 12.7 Å². The first kappa shape index (κ1) is 9.71. The molecule has 1 aromatic rings. The normalized spacial score (nSPS) is 23.6. The summed E-state index contributed by atoms with van der Waals surface area (Å²) in [6.07, 6.45) is 5.44. The summed E-state index contributed by atoms with van der Waals surface area (Å²) in [5, 5.41) is 4.44. The number of nitrogens with zero attached hydrogens (tertiary/aromatic N) is 3. The van der Waals surface area contributed by atoms with E-state index in [0.717, 1.165) is 6.54 Å². The van der Waals surface area contributed by atoms with Crippen LogP contribution in [-0.2, 0) is 0 Å². The Morgan fingerprint density at radius 1 is 1.50 bits per heavy atom. The predicted molar refractivity (Wildman–Crippen MR) is 57.5 cm³/mol. The van der Waals surface area contributed by atoms with Gasteiger partial charge in [0.15, 0.2) is 0 Å². The van der Waals surface area contributed by atoms with Crippen LogP contribution in [0.15, 0.2) is 12.4 Å². The van der Waals surface area contributed by atoms with E-state index >= 15 is 0 Å². The maximum Gasteiger partial charge on any atom is 0.0658 e. The molecule has 0 aromatic carbocycles. The van der Waals surface area contributed by atoms with Gasteiger partial charge < -0.3 is 4.90 Å². The lowest BCUT2D eigenvalue weighted by Crippen LogP contribution is -2.16. The van der Waals surface area contributed by atoms with E-state index in [-0.39, 0.29) is 0 Å². The third-order valence-electron chi connectivity index (χ3n) is 3.03. The maximum absolute atomic E-state index is 4.44. The fourth-order valence-corrected chi connectivity index (χ4v) is 1.98. The van der Waals surface area contributed by atoms with E-state index in [0.29, 0.717) is 12.0 Å². The summed E-state index contributed by atoms with van der Waals surface area (Å²) in [5.41, 5.74) is 1.35. The summed E-state index contributed by atoms with van der Waals surface area (Å²) in [5.74, 6) is 0.586. The fourth-order valence-electron chi connectivity index (χ4n) is 1.98. The van der Waals surface area contributed by atoms with Gasteiger partial charge in [0.1, 0.15) is 0 Å². The average Bonchev–Trinajstić information content (AvgIpc) is 2.70. The second-order valence-electron chi connectivity index (χ2n) is 4.61. The summed E-state index contributed by atoms with van der Waals surface area (Å²) in [6.45, 7) is 6.75. The number of hydrogen-bond donors (Lipinski definition) is 0. The van der Waals surface area contributed by atoms with Gasteiger partial charge in [-0.3, -0.25) is 4.68 Å². The zero-order valence-corrected chi connectivity index (χ0v) is 9.27. The standard InChI is InChI=1S/C11H19N3/c1-9(2)10-6-12-14(7-10)11-4-5-13(3)8-11/h6-7,9,11H,4-5,8H2,1-3H3. The molecule has 1 aromatic heterocycles. The molecule has 1 aliphatic rings. The molecule has 0 N–H and O–H groups in total. The Morgan fingerprint density at radius 3 is 2.79 bits per heavy atom. The van der Waals surface area contributed by atoms with Crippen molar-refractivity contribution in [2.75, 3.05) is 20.1 Å². The smallest absolute Gasteiger partial charge is 0.0658 e. The second kappa shape index (κ2) is 3.73. The molecule has 0 spiro atoms. The number of hydrogen-bond acceptors (Lipinski definition) is 2. The highest BCUT2D eigenvalue weighted by atomic mass is 15.3. The first-order chi connectivity index (χ1) is 6.66. The molecule has 3 heteroatoms. The van der Waals surface area contributed by atoms with Crippen molar-refractivity contribution in [2.24, 2.45) is 0 Å². The molecule has 78 valence electrons. The van der Waals surface area contributed by atoms with Crippen molar-refractivity contribution >= 4 is 0 Å². The van der Waals surface area contributed by atoms with Gasteiger partial charge in [0.25, 0.3) is 0 Å². The van der Waals surface area contributed by atoms with Gasteiger partial charge in [0.2, 0.25) is 0 Å². The Balaban J connectivity index is 2.09. The lowest BCUT2D eigenvalue weighted by atomic mass is 10.1. The Bertz CT molecular complexity index is 303. The molecule has 0 aliphatic carbocycles. The van der Waals surface area contributed by atoms with E-state index in [1.54, 1.807) is 0 Å². The van der Waals surface area contributed by atoms with Crippen molar-refractivity contribution < 1.29 is 0 Å². The van der Waals surface area contributed by atoms with Crippen LogP contribution >= 0.6 is 0 Å². The fraction of sp³-hybridized carbons (Fsp3) is 0.727. The average molecular weight is 193 g/mol. The van der Waals surface area contributed by atoms with E-state index in [1.807, 2.05) is 6.20 Å². The highest BCUT2D eigenvalue weighted by Gasteiger charge is 2.21. The molecular weight excluding hydrogens is 174 g/mol. The number of aromatic nitrogens is 2. The quantitative estimate of drug-likeness (QED) is 0.715. The van der Waals surface area contributed by atoms with E-state index < -0.39 is 0 Å². The van der Waals surface area contributed by atoms with Crippen LogP contribution in [0.3, 0.4) is 0 Å². The largest absolute Gasteiger partial charge is 0.304 e. The molecule has 1 saturated heterocycles. The third kappa shape index (κ3) is 1.82. The van der Waals surface area contributed by atoms with Gasteiger partial charge in [-0.2, -0.15) is 5.10 Å². The van der Waals surface area contributed by atoms with Gasteiger partial charge in [-0.15, -0.1) is 0 Å². The monoisotopic (exact) mass is 193 g/mol. The van der Waals surface area contributed by atoms with Crippen molar-refractivity contribution in [1.82, 2.24) is 14.7 Å². The molecule has 0 radical (unpaired) electrons. The van der Waals surface area contributed by atoms with Crippen LogP contribution in [0.5, 0.6) is 0 Å². The van der Waals surface area contributed by atoms with Crippen LogP contribution in [0.1, 0.15) is 37.8 Å². The first-order valence-electron chi connectivity index (χ1n) is 5.39. The zero-order valence-electron chi connectivity index (χ0n) is 9.27. The molecule has 1 atom stereocenters. The van der Waals surface area contributed by atoms with Crippen LogP contribution in [0.4, 0.5) is 0 Å². The number of rotatable bonds is 2. The Labute approximate surface area is 85.7 Å². The summed E-state index contributed by atoms with van der Waals surface area (Å²) < 4.78 is 2.14. The van der Waals surface area contributed by atoms with Crippen LogP contribution in [-0.4, -0.2) is 34.8 Å². The Morgan fingerprint density at radius 2 is 2.29 bits per heavy atom. The first-order valence-corrected chi connectivity index (χ1v) is 5.39. The topological polar surface area (TPSA) is 21.1 Å². The highest BCUT2D eigenvalue weighted by molar-refractivity contribution is 5.09. The molecule has 0 saturated carbocycles. The minimum atomic E-state index is 0.586. The predicted octanol–water partition coefficient (Wildman–Crippen LogP) is 1.88. The SMILES string of the molecule is CC(C)c1cnn(C2CCN(C)C2)c1. The molecule has 0 amide bonds. The zero-order chi connectivity index (χ0) is 10.1. The molecule has 2 heterocycles. The van der Waals surface area contributed by atoms with Gasteiger partial charge in [-0.1, -0.05) is 13.8 Å². The van der Waals surface area contributed by atoms with Crippen molar-refractivity contribution in [3.8, 4) is 0 Å². The van der Waals surface area contributed by atoms with Gasteiger partial charge >= 0.3 is 0 Å². The number of likely N-dealkylation sites (N-methyl/N-ethyl adjacent to an activating group) is 1. The minimum absolute atomic E-state index is 0.586. The Hall–Kier alpha value is -0.830. The summed E-state index contributed by atoms with van der Waals surface area (Å²) in [7, 11) is 2.17. The van der Waals surface area contributed by atoms with Gasteiger partial charge in [0.05, 0.1) is 12.2 Å². The van der Waals surface area contributed by atoms with Crippen LogP contribution in [0.2, 0.25) is 0 Å². The Kier molecular flexibility index (Phi) is 2.59. The summed E-state index contributed by atoms with van der Waals surface area (Å²) in [4.78, 5) is 2.36. The van der Waals surface area contributed by atoms with Crippen molar-refractivity contribution in [2.45, 2.75) is 32.2 Å². The summed E-state index contributed by atoms with van der Waals surface area (Å²) in [6, 6.07) is 0.590. The third-order valence-corrected chi connectivity index (χ3v) is 3.03. The van der Waals surface area contributed by atoms with Gasteiger partial charge in [-0.05, 0) is 31.5 Å². The molecule has 2 rings (SSSR count). The second-order valence-corrected chi connectivity index (χ2v) is 4.61. The molecule has 3 nitrogen and oxygen atoms in total. The van der Waals surface area contributed by atoms with Crippen molar-refractivity contribution in [1.29, 1.82) is 0 Å². The maximum atomic E-state index is 4.44. The van der Waals surface area contributed by atoms with E-state index in [4.69, 9.17) is 0 Å². The molecule has 1 fully saturated rings. The summed E-state index contributed by atoms with van der Waals surface area (Å²) >= 11 is 0.